The van der Waals surface area contributed by atoms with Crippen LogP contribution in [0.3, 0.4) is 0 Å². The largest absolute Gasteiger partial charge is 0.375 e. The van der Waals surface area contributed by atoms with Gasteiger partial charge in [-0.3, -0.25) is 4.79 Å². The smallest absolute Gasteiger partial charge is 0.224 e. The molecule has 1 aromatic rings. The average molecular weight is 290 g/mol. The maximum Gasteiger partial charge on any atom is 0.224 e. The molecule has 2 unspecified atom stereocenters. The van der Waals surface area contributed by atoms with Gasteiger partial charge in [-0.1, -0.05) is 13.3 Å². The van der Waals surface area contributed by atoms with Crippen molar-refractivity contribution in [2.45, 2.75) is 52.2 Å². The zero-order valence-electron chi connectivity index (χ0n) is 13.3. The Labute approximate surface area is 127 Å². The zero-order chi connectivity index (χ0) is 15.2. The molecule has 2 atom stereocenters. The number of amides is 1. The van der Waals surface area contributed by atoms with Crippen LogP contribution in [0.25, 0.3) is 0 Å². The van der Waals surface area contributed by atoms with Crippen LogP contribution in [0.5, 0.6) is 0 Å². The number of hydrogen-bond donors (Lipinski definition) is 1. The average Bonchev–Trinajstić information content (AvgIpc) is 2.48. The highest BCUT2D eigenvalue weighted by molar-refractivity contribution is 5.90. The first-order valence-corrected chi connectivity index (χ1v) is 7.88. The van der Waals surface area contributed by atoms with Crippen LogP contribution in [-0.2, 0) is 9.53 Å². The van der Waals surface area contributed by atoms with Gasteiger partial charge < -0.3 is 15.0 Å². The number of ether oxygens (including phenoxy) is 1. The van der Waals surface area contributed by atoms with Crippen molar-refractivity contribution in [1.82, 2.24) is 0 Å². The van der Waals surface area contributed by atoms with Crippen LogP contribution in [0.1, 0.15) is 40.0 Å². The van der Waals surface area contributed by atoms with Crippen LogP contribution in [0.15, 0.2) is 24.3 Å². The van der Waals surface area contributed by atoms with E-state index in [9.17, 15) is 4.79 Å². The number of morpholine rings is 1. The van der Waals surface area contributed by atoms with Crippen molar-refractivity contribution in [3.05, 3.63) is 24.3 Å². The molecule has 0 bridgehead atoms. The summed E-state index contributed by atoms with van der Waals surface area (Å²) in [5.41, 5.74) is 2.05. The normalized spacial score (nSPS) is 22.1. The number of nitrogens with zero attached hydrogens (tertiary/aromatic N) is 1. The second kappa shape index (κ2) is 7.46. The Morgan fingerprint density at radius 3 is 2.71 bits per heavy atom. The van der Waals surface area contributed by atoms with E-state index in [0.29, 0.717) is 12.5 Å². The lowest BCUT2D eigenvalue weighted by Gasteiger charge is -2.38. The number of rotatable bonds is 5. The Hall–Kier alpha value is -1.55. The summed E-state index contributed by atoms with van der Waals surface area (Å²) in [5, 5.41) is 2.94. The molecule has 0 aliphatic carbocycles. The zero-order valence-corrected chi connectivity index (χ0v) is 13.3. The van der Waals surface area contributed by atoms with E-state index in [1.54, 1.807) is 0 Å². The van der Waals surface area contributed by atoms with Crippen molar-refractivity contribution in [3.63, 3.8) is 0 Å². The third-order valence-electron chi connectivity index (χ3n) is 3.85. The molecule has 1 saturated heterocycles. The van der Waals surface area contributed by atoms with Gasteiger partial charge in [0.1, 0.15) is 0 Å². The van der Waals surface area contributed by atoms with Crippen LogP contribution < -0.4 is 10.2 Å². The second-order valence-electron chi connectivity index (χ2n) is 5.84. The topological polar surface area (TPSA) is 41.6 Å². The highest BCUT2D eigenvalue weighted by Crippen LogP contribution is 2.23. The monoisotopic (exact) mass is 290 g/mol. The summed E-state index contributed by atoms with van der Waals surface area (Å²) < 4.78 is 5.66. The number of anilines is 2. The maximum absolute atomic E-state index is 11.7. The molecule has 1 fully saturated rings. The minimum Gasteiger partial charge on any atom is -0.375 e. The fourth-order valence-electron chi connectivity index (χ4n) is 2.56. The standard InChI is InChI=1S/C17H26N2O2/c1-4-5-6-17(20)18-15-7-9-16(10-8-15)19-11-14(3)21-12-13(19)2/h7-10,13-14H,4-6,11-12H2,1-3H3,(H,18,20). The Morgan fingerprint density at radius 1 is 1.33 bits per heavy atom. The number of nitrogens with one attached hydrogen (secondary N) is 1. The molecule has 1 aliphatic rings. The molecule has 0 saturated carbocycles. The first-order valence-electron chi connectivity index (χ1n) is 7.88. The van der Waals surface area contributed by atoms with E-state index in [0.717, 1.165) is 31.7 Å². The predicted molar refractivity (Wildman–Crippen MR) is 86.8 cm³/mol. The van der Waals surface area contributed by atoms with Gasteiger partial charge in [-0.05, 0) is 44.5 Å². The van der Waals surface area contributed by atoms with Crippen molar-refractivity contribution in [2.24, 2.45) is 0 Å². The molecule has 0 radical (unpaired) electrons. The molecular weight excluding hydrogens is 264 g/mol. The van der Waals surface area contributed by atoms with Crippen LogP contribution in [0.4, 0.5) is 11.4 Å². The van der Waals surface area contributed by atoms with Crippen molar-refractivity contribution >= 4 is 17.3 Å². The quantitative estimate of drug-likeness (QED) is 0.903. The molecule has 0 aromatic heterocycles. The van der Waals surface area contributed by atoms with Gasteiger partial charge >= 0.3 is 0 Å². The lowest BCUT2D eigenvalue weighted by Crippen LogP contribution is -2.47. The molecule has 4 heteroatoms. The van der Waals surface area contributed by atoms with Crippen molar-refractivity contribution in [2.75, 3.05) is 23.4 Å². The molecule has 4 nitrogen and oxygen atoms in total. The van der Waals surface area contributed by atoms with E-state index < -0.39 is 0 Å². The van der Waals surface area contributed by atoms with E-state index in [4.69, 9.17) is 4.74 Å². The van der Waals surface area contributed by atoms with Crippen LogP contribution in [0, 0.1) is 0 Å². The summed E-state index contributed by atoms with van der Waals surface area (Å²) >= 11 is 0. The lowest BCUT2D eigenvalue weighted by molar-refractivity contribution is -0.116. The molecule has 1 amide bonds. The first-order chi connectivity index (χ1) is 10.1. The fraction of sp³-hybridized carbons (Fsp3) is 0.588. The predicted octanol–water partition coefficient (Wildman–Crippen LogP) is 3.43. The van der Waals surface area contributed by atoms with E-state index in [2.05, 4.69) is 43.1 Å². The third kappa shape index (κ3) is 4.46. The summed E-state index contributed by atoms with van der Waals surface area (Å²) in [6.45, 7) is 8.03. The summed E-state index contributed by atoms with van der Waals surface area (Å²) in [4.78, 5) is 14.1. The van der Waals surface area contributed by atoms with Gasteiger partial charge in [-0.25, -0.2) is 0 Å². The number of carbonyl (C=O) groups is 1. The molecule has 21 heavy (non-hydrogen) atoms. The Balaban J connectivity index is 1.96. The van der Waals surface area contributed by atoms with Crippen LogP contribution in [0.2, 0.25) is 0 Å². The van der Waals surface area contributed by atoms with Gasteiger partial charge in [-0.15, -0.1) is 0 Å². The third-order valence-corrected chi connectivity index (χ3v) is 3.85. The minimum absolute atomic E-state index is 0.0953. The van der Waals surface area contributed by atoms with Gasteiger partial charge in [0.2, 0.25) is 5.91 Å². The van der Waals surface area contributed by atoms with Gasteiger partial charge in [0.05, 0.1) is 12.7 Å². The highest BCUT2D eigenvalue weighted by Gasteiger charge is 2.23. The number of hydrogen-bond acceptors (Lipinski definition) is 3. The molecule has 1 aromatic carbocycles. The Kier molecular flexibility index (Phi) is 5.62. The molecular formula is C17H26N2O2. The second-order valence-corrected chi connectivity index (χ2v) is 5.84. The summed E-state index contributed by atoms with van der Waals surface area (Å²) in [6, 6.07) is 8.48. The molecule has 2 rings (SSSR count). The molecule has 116 valence electrons. The van der Waals surface area contributed by atoms with Crippen molar-refractivity contribution in [1.29, 1.82) is 0 Å². The Bertz CT molecular complexity index is 458. The van der Waals surface area contributed by atoms with Crippen molar-refractivity contribution in [3.8, 4) is 0 Å². The minimum atomic E-state index is 0.0953. The molecule has 1 aliphatic heterocycles. The molecule has 0 spiro atoms. The highest BCUT2D eigenvalue weighted by atomic mass is 16.5. The number of carbonyl (C=O) groups excluding carboxylic acids is 1. The van der Waals surface area contributed by atoms with Crippen LogP contribution >= 0.6 is 0 Å². The fourth-order valence-corrected chi connectivity index (χ4v) is 2.56. The maximum atomic E-state index is 11.7. The lowest BCUT2D eigenvalue weighted by atomic mass is 10.1. The summed E-state index contributed by atoms with van der Waals surface area (Å²) in [5.74, 6) is 0.0953. The SMILES string of the molecule is CCCCC(=O)Nc1ccc(N2CC(C)OCC2C)cc1. The van der Waals surface area contributed by atoms with E-state index in [1.165, 1.54) is 5.69 Å². The van der Waals surface area contributed by atoms with E-state index in [-0.39, 0.29) is 12.0 Å². The number of unbranched alkanes of at least 4 members (excludes halogenated alkanes) is 1. The summed E-state index contributed by atoms with van der Waals surface area (Å²) in [6.07, 6.45) is 2.83. The van der Waals surface area contributed by atoms with Gasteiger partial charge in [0, 0.05) is 30.4 Å². The first kappa shape index (κ1) is 15.8. The number of benzene rings is 1. The molecule has 1 heterocycles. The Morgan fingerprint density at radius 2 is 2.05 bits per heavy atom. The van der Waals surface area contributed by atoms with Crippen molar-refractivity contribution < 1.29 is 9.53 Å². The van der Waals surface area contributed by atoms with Gasteiger partial charge in [0.15, 0.2) is 0 Å². The molecule has 1 N–H and O–H groups in total. The van der Waals surface area contributed by atoms with E-state index in [1.807, 2.05) is 12.1 Å². The van der Waals surface area contributed by atoms with Gasteiger partial charge in [0.25, 0.3) is 0 Å². The summed E-state index contributed by atoms with van der Waals surface area (Å²) in [7, 11) is 0. The van der Waals surface area contributed by atoms with Gasteiger partial charge in [-0.2, -0.15) is 0 Å². The van der Waals surface area contributed by atoms with Crippen LogP contribution in [-0.4, -0.2) is 31.2 Å². The van der Waals surface area contributed by atoms with E-state index >= 15 is 0 Å².